The monoisotopic (exact) mass is 506 g/mol. The highest BCUT2D eigenvalue weighted by Crippen LogP contribution is 2.27. The van der Waals surface area contributed by atoms with Crippen LogP contribution in [0.15, 0.2) is 54.7 Å². The SMILES string of the molecule is COc1ccc(-c2cn(-c3ccc(OC)cc3)c(NC(=O)CN(C[C@H]3CCCO3)C(=O)C(C)C)n2)cc1. The molecular formula is C28H34N4O5. The number of ether oxygens (including phenoxy) is 3. The van der Waals surface area contributed by atoms with Crippen molar-refractivity contribution in [1.82, 2.24) is 14.5 Å². The van der Waals surface area contributed by atoms with E-state index in [0.717, 1.165) is 35.6 Å². The fourth-order valence-electron chi connectivity index (χ4n) is 4.28. The molecule has 0 spiro atoms. The van der Waals surface area contributed by atoms with Gasteiger partial charge in [-0.1, -0.05) is 13.8 Å². The number of hydrogen-bond acceptors (Lipinski definition) is 6. The third kappa shape index (κ3) is 6.48. The molecule has 2 aromatic carbocycles. The van der Waals surface area contributed by atoms with E-state index in [9.17, 15) is 9.59 Å². The van der Waals surface area contributed by atoms with E-state index in [1.807, 2.05) is 73.1 Å². The maximum absolute atomic E-state index is 13.2. The molecule has 1 saturated heterocycles. The van der Waals surface area contributed by atoms with E-state index < -0.39 is 0 Å². The van der Waals surface area contributed by atoms with Gasteiger partial charge in [0.15, 0.2) is 0 Å². The number of methoxy groups -OCH3 is 2. The quantitative estimate of drug-likeness (QED) is 0.444. The summed E-state index contributed by atoms with van der Waals surface area (Å²) in [6.07, 6.45) is 3.67. The van der Waals surface area contributed by atoms with Crippen LogP contribution >= 0.6 is 0 Å². The molecule has 1 atom stereocenters. The second kappa shape index (κ2) is 11.9. The van der Waals surface area contributed by atoms with Crippen LogP contribution in [0.2, 0.25) is 0 Å². The Morgan fingerprint density at radius 2 is 1.73 bits per heavy atom. The summed E-state index contributed by atoms with van der Waals surface area (Å²) in [7, 11) is 3.23. The fourth-order valence-corrected chi connectivity index (χ4v) is 4.28. The van der Waals surface area contributed by atoms with Gasteiger partial charge < -0.3 is 19.1 Å². The van der Waals surface area contributed by atoms with Crippen molar-refractivity contribution < 1.29 is 23.8 Å². The minimum atomic E-state index is -0.325. The molecular weight excluding hydrogens is 472 g/mol. The number of hydrogen-bond donors (Lipinski definition) is 1. The van der Waals surface area contributed by atoms with Gasteiger partial charge in [-0.3, -0.25) is 19.5 Å². The number of benzene rings is 2. The zero-order valence-corrected chi connectivity index (χ0v) is 21.8. The highest BCUT2D eigenvalue weighted by molar-refractivity contribution is 5.94. The number of anilines is 1. The van der Waals surface area contributed by atoms with Crippen molar-refractivity contribution in [2.45, 2.75) is 32.8 Å². The van der Waals surface area contributed by atoms with Gasteiger partial charge in [0, 0.05) is 36.5 Å². The van der Waals surface area contributed by atoms with E-state index >= 15 is 0 Å². The highest BCUT2D eigenvalue weighted by Gasteiger charge is 2.26. The van der Waals surface area contributed by atoms with Gasteiger partial charge in [0.2, 0.25) is 17.8 Å². The van der Waals surface area contributed by atoms with Gasteiger partial charge >= 0.3 is 0 Å². The summed E-state index contributed by atoms with van der Waals surface area (Å²) in [5, 5.41) is 2.92. The molecule has 2 heterocycles. The number of nitrogens with one attached hydrogen (secondary N) is 1. The Morgan fingerprint density at radius 1 is 1.08 bits per heavy atom. The predicted octanol–water partition coefficient (Wildman–Crippen LogP) is 4.16. The van der Waals surface area contributed by atoms with Gasteiger partial charge in [-0.15, -0.1) is 0 Å². The fraction of sp³-hybridized carbons (Fsp3) is 0.393. The molecule has 37 heavy (non-hydrogen) atoms. The summed E-state index contributed by atoms with van der Waals surface area (Å²) in [5.41, 5.74) is 2.36. The number of carbonyl (C=O) groups excluding carboxylic acids is 2. The van der Waals surface area contributed by atoms with E-state index in [4.69, 9.17) is 19.2 Å². The van der Waals surface area contributed by atoms with Crippen LogP contribution in [0.4, 0.5) is 5.95 Å². The normalized spacial score (nSPS) is 15.0. The van der Waals surface area contributed by atoms with E-state index in [-0.39, 0.29) is 30.4 Å². The molecule has 1 aromatic heterocycles. The average Bonchev–Trinajstić information content (AvgIpc) is 3.58. The lowest BCUT2D eigenvalue weighted by Gasteiger charge is -2.26. The van der Waals surface area contributed by atoms with E-state index in [1.54, 1.807) is 19.1 Å². The number of aromatic nitrogens is 2. The largest absolute Gasteiger partial charge is 0.497 e. The number of carbonyl (C=O) groups is 2. The lowest BCUT2D eigenvalue weighted by molar-refractivity contribution is -0.139. The molecule has 196 valence electrons. The van der Waals surface area contributed by atoms with Crippen LogP contribution in [-0.2, 0) is 14.3 Å². The number of rotatable bonds is 10. The van der Waals surface area contributed by atoms with Gasteiger partial charge in [-0.05, 0) is 61.4 Å². The van der Waals surface area contributed by atoms with Crippen molar-refractivity contribution in [3.8, 4) is 28.4 Å². The molecule has 1 N–H and O–H groups in total. The highest BCUT2D eigenvalue weighted by atomic mass is 16.5. The van der Waals surface area contributed by atoms with E-state index in [1.165, 1.54) is 0 Å². The van der Waals surface area contributed by atoms with Crippen molar-refractivity contribution in [3.63, 3.8) is 0 Å². The third-order valence-corrected chi connectivity index (χ3v) is 6.28. The Kier molecular flexibility index (Phi) is 8.45. The van der Waals surface area contributed by atoms with Crippen LogP contribution < -0.4 is 14.8 Å². The Labute approximate surface area is 217 Å². The molecule has 4 rings (SSSR count). The zero-order valence-electron chi connectivity index (χ0n) is 21.8. The van der Waals surface area contributed by atoms with E-state index in [2.05, 4.69) is 5.32 Å². The molecule has 0 bridgehead atoms. The molecule has 0 aliphatic carbocycles. The molecule has 3 aromatic rings. The summed E-state index contributed by atoms with van der Waals surface area (Å²) in [5.74, 6) is 1.19. The molecule has 9 heteroatoms. The zero-order chi connectivity index (χ0) is 26.4. The molecule has 1 aliphatic heterocycles. The summed E-state index contributed by atoms with van der Waals surface area (Å²) in [4.78, 5) is 32.4. The Hall–Kier alpha value is -3.85. The van der Waals surface area contributed by atoms with Gasteiger partial charge in [0.1, 0.15) is 18.0 Å². The standard InChI is InChI=1S/C28H34N4O5/c1-19(2)27(34)31(16-24-6-5-15-37-24)18-26(33)30-28-29-25(20-7-11-22(35-3)12-8-20)17-32(28)21-9-13-23(36-4)14-10-21/h7-14,17,19,24H,5-6,15-16,18H2,1-4H3,(H,29,30,33)/t24-/m1/s1. The third-order valence-electron chi connectivity index (χ3n) is 6.28. The lowest BCUT2D eigenvalue weighted by atomic mass is 10.1. The summed E-state index contributed by atoms with van der Waals surface area (Å²) in [6.45, 7) is 4.67. The molecule has 0 radical (unpaired) electrons. The number of imidazole rings is 1. The van der Waals surface area contributed by atoms with Gasteiger partial charge in [0.25, 0.3) is 0 Å². The van der Waals surface area contributed by atoms with Crippen LogP contribution in [-0.4, -0.2) is 66.3 Å². The summed E-state index contributed by atoms with van der Waals surface area (Å²) in [6, 6.07) is 15.0. The topological polar surface area (TPSA) is 94.9 Å². The predicted molar refractivity (Wildman–Crippen MR) is 141 cm³/mol. The first-order chi connectivity index (χ1) is 17.9. The van der Waals surface area contributed by atoms with E-state index in [0.29, 0.717) is 24.8 Å². The molecule has 9 nitrogen and oxygen atoms in total. The second-order valence-electron chi connectivity index (χ2n) is 9.30. The lowest BCUT2D eigenvalue weighted by Crippen LogP contribution is -2.44. The first-order valence-electron chi connectivity index (χ1n) is 12.5. The van der Waals surface area contributed by atoms with Gasteiger partial charge in [0.05, 0.1) is 26.0 Å². The Balaban J connectivity index is 1.60. The van der Waals surface area contributed by atoms with Crippen molar-refractivity contribution >= 4 is 17.8 Å². The maximum Gasteiger partial charge on any atom is 0.246 e. The maximum atomic E-state index is 13.2. The smallest absolute Gasteiger partial charge is 0.246 e. The Morgan fingerprint density at radius 3 is 2.30 bits per heavy atom. The number of amides is 2. The molecule has 0 unspecified atom stereocenters. The summed E-state index contributed by atoms with van der Waals surface area (Å²) >= 11 is 0. The second-order valence-corrected chi connectivity index (χ2v) is 9.30. The van der Waals surface area contributed by atoms with Crippen LogP contribution in [0.1, 0.15) is 26.7 Å². The molecule has 1 fully saturated rings. The minimum absolute atomic E-state index is 0.0431. The minimum Gasteiger partial charge on any atom is -0.497 e. The van der Waals surface area contributed by atoms with Crippen molar-refractivity contribution in [2.75, 3.05) is 39.2 Å². The van der Waals surface area contributed by atoms with Crippen LogP contribution in [0, 0.1) is 5.92 Å². The van der Waals surface area contributed by atoms with Gasteiger partial charge in [-0.25, -0.2) is 4.98 Å². The van der Waals surface area contributed by atoms with Crippen molar-refractivity contribution in [3.05, 3.63) is 54.7 Å². The average molecular weight is 507 g/mol. The summed E-state index contributed by atoms with van der Waals surface area (Å²) < 4.78 is 18.1. The van der Waals surface area contributed by atoms with Gasteiger partial charge in [-0.2, -0.15) is 0 Å². The van der Waals surface area contributed by atoms with Crippen molar-refractivity contribution in [2.24, 2.45) is 5.92 Å². The molecule has 2 amide bonds. The van der Waals surface area contributed by atoms with Crippen LogP contribution in [0.3, 0.4) is 0 Å². The number of nitrogens with zero attached hydrogens (tertiary/aromatic N) is 3. The molecule has 1 aliphatic rings. The van der Waals surface area contributed by atoms with Crippen LogP contribution in [0.25, 0.3) is 16.9 Å². The Bertz CT molecular complexity index is 1200. The van der Waals surface area contributed by atoms with Crippen molar-refractivity contribution in [1.29, 1.82) is 0 Å². The molecule has 0 saturated carbocycles. The van der Waals surface area contributed by atoms with Crippen LogP contribution in [0.5, 0.6) is 11.5 Å². The first kappa shape index (κ1) is 26.2. The first-order valence-corrected chi connectivity index (χ1v) is 12.5.